The second-order valence-electron chi connectivity index (χ2n) is 3.06. The fourth-order valence-electron chi connectivity index (χ4n) is 1.09. The van der Waals surface area contributed by atoms with Crippen molar-refractivity contribution in [3.63, 3.8) is 0 Å². The van der Waals surface area contributed by atoms with E-state index in [-0.39, 0.29) is 0 Å². The first-order valence-electron chi connectivity index (χ1n) is 3.67. The molecule has 0 aliphatic rings. The lowest BCUT2D eigenvalue weighted by Crippen LogP contribution is -1.86. The fraction of sp³-hybridized carbons (Fsp3) is 0.556. The molecule has 1 nitrogen and oxygen atoms in total. The molecule has 1 heteroatoms. The molecule has 1 rings (SSSR count). The molecule has 1 heterocycles. The van der Waals surface area contributed by atoms with E-state index >= 15 is 0 Å². The van der Waals surface area contributed by atoms with Gasteiger partial charge in [-0.05, 0) is 25.0 Å². The minimum Gasteiger partial charge on any atom is -0.469 e. The predicted molar refractivity (Wildman–Crippen MR) is 42.3 cm³/mol. The molecule has 0 aliphatic carbocycles. The zero-order valence-corrected chi connectivity index (χ0v) is 7.06. The first-order chi connectivity index (χ1) is 4.63. The van der Waals surface area contributed by atoms with Crippen LogP contribution in [0.15, 0.2) is 10.7 Å². The van der Waals surface area contributed by atoms with Crippen LogP contribution in [0.25, 0.3) is 0 Å². The predicted octanol–water partition coefficient (Wildman–Crippen LogP) is 3.02. The van der Waals surface area contributed by atoms with Crippen LogP contribution in [0.4, 0.5) is 0 Å². The SMILES string of the molecule is Cc1coc(C(C)C)c1C. The minimum atomic E-state index is 0.508. The van der Waals surface area contributed by atoms with E-state index in [2.05, 4.69) is 27.7 Å². The van der Waals surface area contributed by atoms with Crippen LogP contribution in [0.2, 0.25) is 0 Å². The molecule has 0 N–H and O–H groups in total. The fourth-order valence-corrected chi connectivity index (χ4v) is 1.09. The van der Waals surface area contributed by atoms with Gasteiger partial charge in [0, 0.05) is 5.92 Å². The number of hydrogen-bond donors (Lipinski definition) is 0. The summed E-state index contributed by atoms with van der Waals surface area (Å²) >= 11 is 0. The van der Waals surface area contributed by atoms with Crippen LogP contribution in [0.5, 0.6) is 0 Å². The summed E-state index contributed by atoms with van der Waals surface area (Å²) in [7, 11) is 0. The highest BCUT2D eigenvalue weighted by molar-refractivity contribution is 5.26. The minimum absolute atomic E-state index is 0.508. The summed E-state index contributed by atoms with van der Waals surface area (Å²) in [6, 6.07) is 0. The zero-order valence-electron chi connectivity index (χ0n) is 7.06. The molecule has 0 spiro atoms. The molecule has 0 unspecified atom stereocenters. The molecule has 56 valence electrons. The molecule has 10 heavy (non-hydrogen) atoms. The van der Waals surface area contributed by atoms with E-state index in [0.717, 1.165) is 5.76 Å². The van der Waals surface area contributed by atoms with Gasteiger partial charge in [0.05, 0.1) is 6.26 Å². The first kappa shape index (κ1) is 7.39. The summed E-state index contributed by atoms with van der Waals surface area (Å²) < 4.78 is 5.36. The molecular formula is C9H14O. The van der Waals surface area contributed by atoms with Gasteiger partial charge in [0.1, 0.15) is 5.76 Å². The molecule has 1 aromatic heterocycles. The topological polar surface area (TPSA) is 13.1 Å². The van der Waals surface area contributed by atoms with E-state index in [4.69, 9.17) is 4.42 Å². The van der Waals surface area contributed by atoms with Crippen molar-refractivity contribution in [3.05, 3.63) is 23.2 Å². The van der Waals surface area contributed by atoms with Crippen molar-refractivity contribution in [3.8, 4) is 0 Å². The normalized spacial score (nSPS) is 10.9. The molecule has 0 saturated carbocycles. The molecule has 0 atom stereocenters. The van der Waals surface area contributed by atoms with Crippen LogP contribution in [-0.4, -0.2) is 0 Å². The molecule has 0 saturated heterocycles. The summed E-state index contributed by atoms with van der Waals surface area (Å²) in [5, 5.41) is 0. The van der Waals surface area contributed by atoms with E-state index < -0.39 is 0 Å². The Labute approximate surface area is 62.1 Å². The third kappa shape index (κ3) is 1.08. The third-order valence-electron chi connectivity index (χ3n) is 1.85. The number of furan rings is 1. The Morgan fingerprint density at radius 1 is 1.30 bits per heavy atom. The van der Waals surface area contributed by atoms with Gasteiger partial charge >= 0.3 is 0 Å². The van der Waals surface area contributed by atoms with Gasteiger partial charge in [-0.1, -0.05) is 13.8 Å². The number of hydrogen-bond acceptors (Lipinski definition) is 1. The van der Waals surface area contributed by atoms with Crippen molar-refractivity contribution < 1.29 is 4.42 Å². The van der Waals surface area contributed by atoms with Crippen molar-refractivity contribution in [1.29, 1.82) is 0 Å². The van der Waals surface area contributed by atoms with Crippen molar-refractivity contribution in [2.24, 2.45) is 0 Å². The smallest absolute Gasteiger partial charge is 0.109 e. The quantitative estimate of drug-likeness (QED) is 0.581. The lowest BCUT2D eigenvalue weighted by Gasteiger charge is -2.00. The van der Waals surface area contributed by atoms with Gasteiger partial charge in [0.25, 0.3) is 0 Å². The van der Waals surface area contributed by atoms with Crippen molar-refractivity contribution in [2.45, 2.75) is 33.6 Å². The average molecular weight is 138 g/mol. The summed E-state index contributed by atoms with van der Waals surface area (Å²) in [6.45, 7) is 8.47. The maximum atomic E-state index is 5.36. The monoisotopic (exact) mass is 138 g/mol. The second kappa shape index (κ2) is 2.49. The van der Waals surface area contributed by atoms with Crippen LogP contribution < -0.4 is 0 Å². The van der Waals surface area contributed by atoms with E-state index in [9.17, 15) is 0 Å². The second-order valence-corrected chi connectivity index (χ2v) is 3.06. The lowest BCUT2D eigenvalue weighted by atomic mass is 10.1. The Morgan fingerprint density at radius 2 is 1.90 bits per heavy atom. The van der Waals surface area contributed by atoms with Crippen molar-refractivity contribution in [2.75, 3.05) is 0 Å². The molecule has 0 aliphatic heterocycles. The van der Waals surface area contributed by atoms with E-state index in [0.29, 0.717) is 5.92 Å². The Balaban J connectivity index is 3.05. The van der Waals surface area contributed by atoms with Gasteiger partial charge in [-0.2, -0.15) is 0 Å². The van der Waals surface area contributed by atoms with E-state index in [1.165, 1.54) is 11.1 Å². The van der Waals surface area contributed by atoms with Gasteiger partial charge < -0.3 is 4.42 Å². The van der Waals surface area contributed by atoms with Crippen LogP contribution in [0.1, 0.15) is 36.7 Å². The van der Waals surface area contributed by atoms with Gasteiger partial charge in [0.15, 0.2) is 0 Å². The Kier molecular flexibility index (Phi) is 1.84. The molecule has 0 bridgehead atoms. The summed E-state index contributed by atoms with van der Waals surface area (Å²) in [5.41, 5.74) is 2.55. The largest absolute Gasteiger partial charge is 0.469 e. The highest BCUT2D eigenvalue weighted by atomic mass is 16.3. The van der Waals surface area contributed by atoms with Gasteiger partial charge in [-0.3, -0.25) is 0 Å². The molecule has 1 aromatic rings. The summed E-state index contributed by atoms with van der Waals surface area (Å²) in [5.74, 6) is 1.63. The highest BCUT2D eigenvalue weighted by Crippen LogP contribution is 2.22. The molecule has 0 fully saturated rings. The molecule has 0 radical (unpaired) electrons. The van der Waals surface area contributed by atoms with Crippen LogP contribution in [0.3, 0.4) is 0 Å². The van der Waals surface area contributed by atoms with Gasteiger partial charge in [0.2, 0.25) is 0 Å². The van der Waals surface area contributed by atoms with E-state index in [1.807, 2.05) is 6.26 Å². The van der Waals surface area contributed by atoms with Gasteiger partial charge in [-0.25, -0.2) is 0 Å². The standard InChI is InChI=1S/C9H14O/c1-6(2)9-8(4)7(3)5-10-9/h5-6H,1-4H3. The zero-order chi connectivity index (χ0) is 7.72. The van der Waals surface area contributed by atoms with E-state index in [1.54, 1.807) is 0 Å². The molecular weight excluding hydrogens is 124 g/mol. The number of rotatable bonds is 1. The summed E-state index contributed by atoms with van der Waals surface area (Å²) in [4.78, 5) is 0. The van der Waals surface area contributed by atoms with Crippen molar-refractivity contribution in [1.82, 2.24) is 0 Å². The van der Waals surface area contributed by atoms with Crippen molar-refractivity contribution >= 4 is 0 Å². The maximum absolute atomic E-state index is 5.36. The van der Waals surface area contributed by atoms with Gasteiger partial charge in [-0.15, -0.1) is 0 Å². The maximum Gasteiger partial charge on any atom is 0.109 e. The van der Waals surface area contributed by atoms with Crippen LogP contribution in [-0.2, 0) is 0 Å². The third-order valence-corrected chi connectivity index (χ3v) is 1.85. The highest BCUT2D eigenvalue weighted by Gasteiger charge is 2.08. The Hall–Kier alpha value is -0.720. The average Bonchev–Trinajstić information content (AvgIpc) is 2.14. The molecule has 0 amide bonds. The summed E-state index contributed by atoms with van der Waals surface area (Å²) in [6.07, 6.45) is 1.82. The van der Waals surface area contributed by atoms with Crippen LogP contribution >= 0.6 is 0 Å². The lowest BCUT2D eigenvalue weighted by molar-refractivity contribution is 0.483. The molecule has 0 aromatic carbocycles. The number of aryl methyl sites for hydroxylation is 1. The Bertz CT molecular complexity index is 221. The first-order valence-corrected chi connectivity index (χ1v) is 3.67. The Morgan fingerprint density at radius 3 is 2.10 bits per heavy atom. The van der Waals surface area contributed by atoms with Crippen LogP contribution in [0, 0.1) is 13.8 Å².